The highest BCUT2D eigenvalue weighted by Gasteiger charge is 2.12. The number of ether oxygens (including phenoxy) is 1. The number of fused-ring (bicyclic) bond motifs is 1. The van der Waals surface area contributed by atoms with Crippen LogP contribution in [-0.2, 0) is 17.8 Å². The summed E-state index contributed by atoms with van der Waals surface area (Å²) in [6, 6.07) is 4.34. The highest BCUT2D eigenvalue weighted by Crippen LogP contribution is 2.19. The maximum absolute atomic E-state index is 5.29. The Morgan fingerprint density at radius 2 is 2.17 bits per heavy atom. The summed E-state index contributed by atoms with van der Waals surface area (Å²) in [6.07, 6.45) is 5.36. The maximum atomic E-state index is 5.29. The van der Waals surface area contributed by atoms with Gasteiger partial charge in [0.15, 0.2) is 0 Å². The molecule has 0 atom stereocenters. The third kappa shape index (κ3) is 3.50. The lowest BCUT2D eigenvalue weighted by Gasteiger charge is -2.19. The molecule has 1 aromatic rings. The Labute approximate surface area is 110 Å². The Morgan fingerprint density at radius 3 is 2.89 bits per heavy atom. The molecule has 0 amide bonds. The molecule has 0 aromatic carbocycles. The van der Waals surface area contributed by atoms with Gasteiger partial charge in [-0.3, -0.25) is 0 Å². The molecule has 1 N–H and O–H groups in total. The Morgan fingerprint density at radius 1 is 1.39 bits per heavy atom. The fraction of sp³-hybridized carbons (Fsp3) is 0.467. The number of nitrogens with one attached hydrogen (secondary N) is 1. The minimum Gasteiger partial charge on any atom is -0.473 e. The highest BCUT2D eigenvalue weighted by molar-refractivity contribution is 5.61. The van der Waals surface area contributed by atoms with Gasteiger partial charge in [-0.25, -0.2) is 0 Å². The van der Waals surface area contributed by atoms with Crippen molar-refractivity contribution in [1.29, 1.82) is 0 Å². The van der Waals surface area contributed by atoms with Crippen LogP contribution in [0.3, 0.4) is 0 Å². The SMILES string of the molecule is C/C=C\O/C=C(\C)c1ccc2n1CCNC2.CC. The van der Waals surface area contributed by atoms with Crippen LogP contribution in [0.1, 0.15) is 39.1 Å². The number of allylic oxidation sites excluding steroid dienone is 2. The van der Waals surface area contributed by atoms with E-state index >= 15 is 0 Å². The van der Waals surface area contributed by atoms with Crippen molar-refractivity contribution in [2.24, 2.45) is 0 Å². The summed E-state index contributed by atoms with van der Waals surface area (Å²) < 4.78 is 7.64. The molecule has 2 rings (SSSR count). The topological polar surface area (TPSA) is 26.2 Å². The van der Waals surface area contributed by atoms with Crippen LogP contribution in [0.25, 0.3) is 5.57 Å². The van der Waals surface area contributed by atoms with E-state index in [0.717, 1.165) is 25.2 Å². The first-order valence-corrected chi connectivity index (χ1v) is 6.66. The molecule has 1 aliphatic heterocycles. The molecular formula is C15H24N2O. The molecule has 18 heavy (non-hydrogen) atoms. The van der Waals surface area contributed by atoms with E-state index in [4.69, 9.17) is 4.74 Å². The zero-order valence-corrected chi connectivity index (χ0v) is 11.9. The van der Waals surface area contributed by atoms with Gasteiger partial charge in [-0.1, -0.05) is 19.9 Å². The molecule has 0 fully saturated rings. The zero-order chi connectivity index (χ0) is 13.4. The average molecular weight is 248 g/mol. The maximum Gasteiger partial charge on any atom is 0.0951 e. The van der Waals surface area contributed by atoms with Crippen LogP contribution in [0.5, 0.6) is 0 Å². The van der Waals surface area contributed by atoms with Crippen LogP contribution in [0, 0.1) is 0 Å². The van der Waals surface area contributed by atoms with Crippen molar-refractivity contribution < 1.29 is 4.74 Å². The van der Waals surface area contributed by atoms with Crippen molar-refractivity contribution >= 4 is 5.57 Å². The molecule has 0 spiro atoms. The normalized spacial score (nSPS) is 15.0. The van der Waals surface area contributed by atoms with Crippen LogP contribution in [0.2, 0.25) is 0 Å². The van der Waals surface area contributed by atoms with Crippen LogP contribution < -0.4 is 5.32 Å². The largest absolute Gasteiger partial charge is 0.473 e. The highest BCUT2D eigenvalue weighted by atomic mass is 16.5. The van der Waals surface area contributed by atoms with Gasteiger partial charge in [0.05, 0.1) is 12.5 Å². The minimum absolute atomic E-state index is 0.961. The summed E-state index contributed by atoms with van der Waals surface area (Å²) in [4.78, 5) is 0. The fourth-order valence-electron chi connectivity index (χ4n) is 1.96. The fourth-order valence-corrected chi connectivity index (χ4v) is 1.96. The van der Waals surface area contributed by atoms with Crippen LogP contribution >= 0.6 is 0 Å². The van der Waals surface area contributed by atoms with Gasteiger partial charge in [-0.05, 0) is 26.0 Å². The quantitative estimate of drug-likeness (QED) is 0.828. The lowest BCUT2D eigenvalue weighted by molar-refractivity contribution is 0.403. The number of rotatable bonds is 3. The Bertz CT molecular complexity index is 416. The standard InChI is InChI=1S/C13H18N2O.C2H6/c1-3-8-16-10-11(2)13-5-4-12-9-14-6-7-15(12)13;1-2/h3-5,8,10,14H,6-7,9H2,1-2H3;1-2H3/b8-3-,11-10+;. The minimum atomic E-state index is 0.961. The van der Waals surface area contributed by atoms with Gasteiger partial charge in [0, 0.05) is 36.6 Å². The van der Waals surface area contributed by atoms with Gasteiger partial charge >= 0.3 is 0 Å². The number of nitrogens with zero attached hydrogens (tertiary/aromatic N) is 1. The third-order valence-corrected chi connectivity index (χ3v) is 2.75. The van der Waals surface area contributed by atoms with Gasteiger partial charge in [0.2, 0.25) is 0 Å². The van der Waals surface area contributed by atoms with Crippen LogP contribution in [0.15, 0.2) is 30.7 Å². The second-order valence-electron chi connectivity index (χ2n) is 3.94. The Kier molecular flexibility index (Phi) is 6.29. The van der Waals surface area contributed by atoms with Crippen molar-refractivity contribution in [2.45, 2.75) is 40.8 Å². The number of hydrogen-bond acceptors (Lipinski definition) is 2. The molecule has 0 radical (unpaired) electrons. The molecule has 0 unspecified atom stereocenters. The zero-order valence-electron chi connectivity index (χ0n) is 11.9. The van der Waals surface area contributed by atoms with E-state index in [1.54, 1.807) is 12.5 Å². The smallest absolute Gasteiger partial charge is 0.0951 e. The molecule has 3 nitrogen and oxygen atoms in total. The van der Waals surface area contributed by atoms with Gasteiger partial charge < -0.3 is 14.6 Å². The Balaban J connectivity index is 0.000000771. The number of hydrogen-bond donors (Lipinski definition) is 1. The molecule has 0 saturated heterocycles. The van der Waals surface area contributed by atoms with E-state index in [1.807, 2.05) is 26.8 Å². The van der Waals surface area contributed by atoms with Crippen molar-refractivity contribution in [1.82, 2.24) is 9.88 Å². The molecule has 100 valence electrons. The van der Waals surface area contributed by atoms with E-state index < -0.39 is 0 Å². The summed E-state index contributed by atoms with van der Waals surface area (Å²) in [5, 5.41) is 3.36. The van der Waals surface area contributed by atoms with Crippen molar-refractivity contribution in [3.63, 3.8) is 0 Å². The van der Waals surface area contributed by atoms with Gasteiger partial charge in [0.25, 0.3) is 0 Å². The Hall–Kier alpha value is -1.48. The average Bonchev–Trinajstić information content (AvgIpc) is 2.85. The molecule has 3 heteroatoms. The first kappa shape index (κ1) is 14.6. The second kappa shape index (κ2) is 7.77. The molecule has 1 aliphatic rings. The van der Waals surface area contributed by atoms with Gasteiger partial charge in [-0.15, -0.1) is 0 Å². The van der Waals surface area contributed by atoms with Crippen molar-refractivity contribution in [3.8, 4) is 0 Å². The van der Waals surface area contributed by atoms with Gasteiger partial charge in [-0.2, -0.15) is 0 Å². The van der Waals surface area contributed by atoms with E-state index in [2.05, 4.69) is 28.9 Å². The van der Waals surface area contributed by atoms with Gasteiger partial charge in [0.1, 0.15) is 0 Å². The second-order valence-corrected chi connectivity index (χ2v) is 3.94. The summed E-state index contributed by atoms with van der Waals surface area (Å²) in [5.74, 6) is 0. The van der Waals surface area contributed by atoms with Crippen LogP contribution in [0.4, 0.5) is 0 Å². The molecule has 0 bridgehead atoms. The summed E-state index contributed by atoms with van der Waals surface area (Å²) in [7, 11) is 0. The summed E-state index contributed by atoms with van der Waals surface area (Å²) in [5.41, 5.74) is 3.76. The monoisotopic (exact) mass is 248 g/mol. The van der Waals surface area contributed by atoms with E-state index in [9.17, 15) is 0 Å². The predicted octanol–water partition coefficient (Wildman–Crippen LogP) is 3.53. The lowest BCUT2D eigenvalue weighted by atomic mass is 10.2. The number of aromatic nitrogens is 1. The molecule has 1 aromatic heterocycles. The molecule has 0 saturated carbocycles. The summed E-state index contributed by atoms with van der Waals surface area (Å²) >= 11 is 0. The predicted molar refractivity (Wildman–Crippen MR) is 77.0 cm³/mol. The van der Waals surface area contributed by atoms with Crippen LogP contribution in [-0.4, -0.2) is 11.1 Å². The molecular weight excluding hydrogens is 224 g/mol. The first-order valence-electron chi connectivity index (χ1n) is 6.66. The first-order chi connectivity index (χ1) is 8.83. The molecule has 0 aliphatic carbocycles. The lowest BCUT2D eigenvalue weighted by Crippen LogP contribution is -2.28. The molecule has 2 heterocycles. The van der Waals surface area contributed by atoms with Crippen molar-refractivity contribution in [3.05, 3.63) is 42.1 Å². The summed E-state index contributed by atoms with van der Waals surface area (Å²) in [6.45, 7) is 11.1. The van der Waals surface area contributed by atoms with E-state index in [-0.39, 0.29) is 0 Å². The van der Waals surface area contributed by atoms with Crippen molar-refractivity contribution in [2.75, 3.05) is 6.54 Å². The van der Waals surface area contributed by atoms with E-state index in [0.29, 0.717) is 0 Å². The van der Waals surface area contributed by atoms with E-state index in [1.165, 1.54) is 11.4 Å². The third-order valence-electron chi connectivity index (χ3n) is 2.75.